The third kappa shape index (κ3) is 3.62. The van der Waals surface area contributed by atoms with Gasteiger partial charge in [0.25, 0.3) is 0 Å². The Bertz CT molecular complexity index is 427. The summed E-state index contributed by atoms with van der Waals surface area (Å²) in [6.07, 6.45) is -8.29. The van der Waals surface area contributed by atoms with Crippen molar-refractivity contribution < 1.29 is 30.7 Å². The van der Waals surface area contributed by atoms with Crippen LogP contribution in [0.25, 0.3) is 0 Å². The molecule has 0 aliphatic heterocycles. The second-order valence-electron chi connectivity index (χ2n) is 4.43. The van der Waals surface area contributed by atoms with Crippen LogP contribution in [0, 0.1) is 0 Å². The Balaban J connectivity index is 2.76. The fourth-order valence-corrected chi connectivity index (χ4v) is 1.65. The Morgan fingerprint density at radius 2 is 1.40 bits per heavy atom. The molecule has 0 radical (unpaired) electrons. The van der Waals surface area contributed by atoms with E-state index >= 15 is 0 Å². The van der Waals surface area contributed by atoms with E-state index in [4.69, 9.17) is 5.73 Å². The summed E-state index contributed by atoms with van der Waals surface area (Å²) in [5.41, 5.74) is 5.73. The van der Waals surface area contributed by atoms with Gasteiger partial charge >= 0.3 is 18.0 Å². The average molecular weight is 303 g/mol. The zero-order valence-corrected chi connectivity index (χ0v) is 10.1. The molecule has 0 aliphatic rings. The lowest BCUT2D eigenvalue weighted by molar-refractivity contribution is -0.356. The molecule has 2 N–H and O–H groups in total. The molecule has 1 nitrogen and oxygen atoms in total. The number of hydrogen-bond donors (Lipinski definition) is 1. The van der Waals surface area contributed by atoms with E-state index in [0.29, 0.717) is 5.56 Å². The highest BCUT2D eigenvalue weighted by molar-refractivity contribution is 5.16. The van der Waals surface area contributed by atoms with Crippen LogP contribution in [0.5, 0.6) is 0 Å². The van der Waals surface area contributed by atoms with Crippen molar-refractivity contribution in [1.82, 2.24) is 0 Å². The summed E-state index contributed by atoms with van der Waals surface area (Å²) in [7, 11) is 0. The summed E-state index contributed by atoms with van der Waals surface area (Å²) in [6, 6.07) is 6.30. The van der Waals surface area contributed by atoms with Crippen LogP contribution in [0.1, 0.15) is 12.0 Å². The summed E-state index contributed by atoms with van der Waals surface area (Å²) in [6.45, 7) is 0. The van der Waals surface area contributed by atoms with Crippen LogP contribution in [0.4, 0.5) is 30.7 Å². The van der Waals surface area contributed by atoms with Crippen molar-refractivity contribution in [2.45, 2.75) is 36.9 Å². The fraction of sp³-hybridized carbons (Fsp3) is 0.500. The Hall–Kier alpha value is -1.31. The summed E-state index contributed by atoms with van der Waals surface area (Å²) in [5.74, 6) is -11.4. The van der Waals surface area contributed by atoms with Crippen LogP contribution in [0.15, 0.2) is 30.3 Å². The van der Waals surface area contributed by atoms with E-state index in [0.717, 1.165) is 0 Å². The van der Waals surface area contributed by atoms with E-state index in [9.17, 15) is 30.7 Å². The molecule has 0 bridgehead atoms. The van der Waals surface area contributed by atoms with Gasteiger partial charge in [0.05, 0.1) is 0 Å². The van der Waals surface area contributed by atoms with Gasteiger partial charge in [0.2, 0.25) is 0 Å². The molecular weight excluding hydrogens is 291 g/mol. The second-order valence-corrected chi connectivity index (χ2v) is 4.43. The standard InChI is InChI=1S/C12H12F7N/c13-10(14,11(15,16)12(17,18)19)7-9(20)6-8-4-2-1-3-5-8/h1-5,9H,6-7,20H2. The van der Waals surface area contributed by atoms with Gasteiger partial charge in [-0.2, -0.15) is 30.7 Å². The Kier molecular flexibility index (Phi) is 4.68. The molecule has 1 unspecified atom stereocenters. The maximum Gasteiger partial charge on any atom is 0.459 e. The van der Waals surface area contributed by atoms with Crippen LogP contribution in [-0.2, 0) is 6.42 Å². The third-order valence-electron chi connectivity index (χ3n) is 2.67. The van der Waals surface area contributed by atoms with E-state index in [-0.39, 0.29) is 6.42 Å². The van der Waals surface area contributed by atoms with Crippen molar-refractivity contribution in [3.05, 3.63) is 35.9 Å². The molecule has 1 rings (SSSR count). The SMILES string of the molecule is NC(Cc1ccccc1)CC(F)(F)C(F)(F)C(F)(F)F. The van der Waals surface area contributed by atoms with E-state index in [1.807, 2.05) is 0 Å². The smallest absolute Gasteiger partial charge is 0.327 e. The minimum absolute atomic E-state index is 0.218. The molecule has 0 spiro atoms. The van der Waals surface area contributed by atoms with Gasteiger partial charge in [0.1, 0.15) is 0 Å². The lowest BCUT2D eigenvalue weighted by atomic mass is 9.97. The van der Waals surface area contributed by atoms with E-state index in [1.165, 1.54) is 12.1 Å². The maximum absolute atomic E-state index is 13.1. The molecule has 0 saturated heterocycles. The van der Waals surface area contributed by atoms with Crippen molar-refractivity contribution in [2.75, 3.05) is 0 Å². The Morgan fingerprint density at radius 3 is 1.85 bits per heavy atom. The molecular formula is C12H12F7N. The zero-order valence-electron chi connectivity index (χ0n) is 10.1. The number of halogens is 7. The Labute approximate surface area is 110 Å². The predicted molar refractivity (Wildman–Crippen MR) is 58.7 cm³/mol. The van der Waals surface area contributed by atoms with Crippen molar-refractivity contribution in [3.63, 3.8) is 0 Å². The number of alkyl halides is 7. The highest BCUT2D eigenvalue weighted by Gasteiger charge is 2.72. The van der Waals surface area contributed by atoms with Gasteiger partial charge in [-0.1, -0.05) is 30.3 Å². The first-order valence-electron chi connectivity index (χ1n) is 5.59. The molecule has 1 aromatic rings. The molecule has 0 amide bonds. The molecule has 114 valence electrons. The van der Waals surface area contributed by atoms with Crippen molar-refractivity contribution >= 4 is 0 Å². The normalized spacial score (nSPS) is 15.2. The summed E-state index contributed by atoms with van der Waals surface area (Å²) >= 11 is 0. The molecule has 0 aliphatic carbocycles. The third-order valence-corrected chi connectivity index (χ3v) is 2.67. The zero-order chi connectivity index (χ0) is 15.6. The Morgan fingerprint density at radius 1 is 0.900 bits per heavy atom. The molecule has 0 fully saturated rings. The van der Waals surface area contributed by atoms with Crippen LogP contribution >= 0.6 is 0 Å². The van der Waals surface area contributed by atoms with Crippen LogP contribution in [0.3, 0.4) is 0 Å². The monoisotopic (exact) mass is 303 g/mol. The molecule has 1 atom stereocenters. The molecule has 0 saturated carbocycles. The highest BCUT2D eigenvalue weighted by atomic mass is 19.4. The van der Waals surface area contributed by atoms with Gasteiger partial charge < -0.3 is 5.73 Å². The van der Waals surface area contributed by atoms with Crippen LogP contribution in [-0.4, -0.2) is 24.1 Å². The van der Waals surface area contributed by atoms with Gasteiger partial charge in [0, 0.05) is 12.5 Å². The van der Waals surface area contributed by atoms with Gasteiger partial charge in [-0.25, -0.2) is 0 Å². The first-order valence-corrected chi connectivity index (χ1v) is 5.59. The fourth-order valence-electron chi connectivity index (χ4n) is 1.65. The van der Waals surface area contributed by atoms with Crippen molar-refractivity contribution in [3.8, 4) is 0 Å². The largest absolute Gasteiger partial charge is 0.459 e. The topological polar surface area (TPSA) is 26.0 Å². The minimum atomic E-state index is -6.32. The predicted octanol–water partition coefficient (Wildman–Crippen LogP) is 3.78. The molecule has 1 aromatic carbocycles. The average Bonchev–Trinajstić information content (AvgIpc) is 2.27. The molecule has 8 heteroatoms. The van der Waals surface area contributed by atoms with Crippen LogP contribution in [0.2, 0.25) is 0 Å². The lowest BCUT2D eigenvalue weighted by Crippen LogP contribution is -2.54. The van der Waals surface area contributed by atoms with Gasteiger partial charge in [-0.15, -0.1) is 0 Å². The maximum atomic E-state index is 13.1. The van der Waals surface area contributed by atoms with E-state index in [1.54, 1.807) is 18.2 Å². The van der Waals surface area contributed by atoms with Crippen molar-refractivity contribution in [2.24, 2.45) is 5.73 Å². The summed E-state index contributed by atoms with van der Waals surface area (Å²) in [5, 5.41) is 0. The van der Waals surface area contributed by atoms with Crippen molar-refractivity contribution in [1.29, 1.82) is 0 Å². The number of nitrogens with two attached hydrogens (primary N) is 1. The van der Waals surface area contributed by atoms with Gasteiger partial charge in [-0.05, 0) is 12.0 Å². The minimum Gasteiger partial charge on any atom is -0.327 e. The van der Waals surface area contributed by atoms with E-state index < -0.39 is 30.5 Å². The summed E-state index contributed by atoms with van der Waals surface area (Å²) < 4.78 is 87.4. The van der Waals surface area contributed by atoms with Gasteiger partial charge in [-0.3, -0.25) is 0 Å². The first-order chi connectivity index (χ1) is 8.97. The van der Waals surface area contributed by atoms with Crippen LogP contribution < -0.4 is 5.73 Å². The quantitative estimate of drug-likeness (QED) is 0.823. The second kappa shape index (κ2) is 5.59. The highest BCUT2D eigenvalue weighted by Crippen LogP contribution is 2.48. The van der Waals surface area contributed by atoms with Gasteiger partial charge in [0.15, 0.2) is 0 Å². The molecule has 20 heavy (non-hydrogen) atoms. The molecule has 0 aromatic heterocycles. The number of rotatable bonds is 5. The molecule has 0 heterocycles. The van der Waals surface area contributed by atoms with E-state index in [2.05, 4.69) is 0 Å². The number of benzene rings is 1. The first kappa shape index (κ1) is 16.7. The lowest BCUT2D eigenvalue weighted by Gasteiger charge is -2.29. The number of hydrogen-bond acceptors (Lipinski definition) is 1. The summed E-state index contributed by atoms with van der Waals surface area (Å²) in [4.78, 5) is 0.